The second-order valence-corrected chi connectivity index (χ2v) is 8.03. The number of amides is 1. The SMILES string of the molecule is [C-]#[N+]c1ccc(N2CCn3nc(C(=O)NC4COc5ccc(Cl)cc5C4)cc3C2)nc1. The van der Waals surface area contributed by atoms with Crippen LogP contribution in [0.5, 0.6) is 5.75 Å². The maximum atomic E-state index is 12.8. The van der Waals surface area contributed by atoms with Gasteiger partial charge in [-0.15, -0.1) is 0 Å². The molecule has 1 aromatic carbocycles. The van der Waals surface area contributed by atoms with Gasteiger partial charge in [-0.05, 0) is 42.3 Å². The number of aromatic nitrogens is 3. The lowest BCUT2D eigenvalue weighted by Crippen LogP contribution is -2.42. The first-order chi connectivity index (χ1) is 15.1. The van der Waals surface area contributed by atoms with E-state index in [1.807, 2.05) is 28.9 Å². The fourth-order valence-electron chi connectivity index (χ4n) is 3.92. The van der Waals surface area contributed by atoms with Gasteiger partial charge in [-0.2, -0.15) is 5.10 Å². The molecule has 0 spiro atoms. The summed E-state index contributed by atoms with van der Waals surface area (Å²) < 4.78 is 7.62. The first-order valence-electron chi connectivity index (χ1n) is 9.96. The van der Waals surface area contributed by atoms with Gasteiger partial charge in [-0.3, -0.25) is 14.5 Å². The summed E-state index contributed by atoms with van der Waals surface area (Å²) in [5.74, 6) is 1.40. The lowest BCUT2D eigenvalue weighted by molar-refractivity contribution is 0.0909. The minimum Gasteiger partial charge on any atom is -0.491 e. The first kappa shape index (κ1) is 19.4. The summed E-state index contributed by atoms with van der Waals surface area (Å²) in [5.41, 5.74) is 2.84. The van der Waals surface area contributed by atoms with Crippen molar-refractivity contribution >= 4 is 29.0 Å². The van der Waals surface area contributed by atoms with Crippen LogP contribution in [0, 0.1) is 6.57 Å². The number of anilines is 1. The molecule has 1 N–H and O–H groups in total. The molecule has 1 unspecified atom stereocenters. The Labute approximate surface area is 184 Å². The van der Waals surface area contributed by atoms with Crippen LogP contribution in [-0.2, 0) is 19.5 Å². The van der Waals surface area contributed by atoms with E-state index in [0.717, 1.165) is 29.4 Å². The molecule has 4 heterocycles. The van der Waals surface area contributed by atoms with Crippen molar-refractivity contribution in [3.8, 4) is 5.75 Å². The molecule has 0 saturated carbocycles. The van der Waals surface area contributed by atoms with Gasteiger partial charge in [0.15, 0.2) is 5.69 Å². The second-order valence-electron chi connectivity index (χ2n) is 7.59. The average molecular weight is 435 g/mol. The third-order valence-electron chi connectivity index (χ3n) is 5.48. The Kier molecular flexibility index (Phi) is 4.96. The van der Waals surface area contributed by atoms with E-state index in [4.69, 9.17) is 22.9 Å². The smallest absolute Gasteiger partial charge is 0.272 e. The van der Waals surface area contributed by atoms with Gasteiger partial charge in [0, 0.05) is 17.8 Å². The van der Waals surface area contributed by atoms with Gasteiger partial charge in [0.1, 0.15) is 18.2 Å². The van der Waals surface area contributed by atoms with Gasteiger partial charge in [-0.1, -0.05) is 17.7 Å². The predicted molar refractivity (Wildman–Crippen MR) is 116 cm³/mol. The van der Waals surface area contributed by atoms with Crippen LogP contribution in [0.4, 0.5) is 11.5 Å². The van der Waals surface area contributed by atoms with Crippen molar-refractivity contribution in [2.75, 3.05) is 18.1 Å². The Morgan fingerprint density at radius 2 is 2.16 bits per heavy atom. The van der Waals surface area contributed by atoms with Gasteiger partial charge < -0.3 is 15.0 Å². The predicted octanol–water partition coefficient (Wildman–Crippen LogP) is 3.24. The van der Waals surface area contributed by atoms with Crippen molar-refractivity contribution in [2.24, 2.45) is 0 Å². The van der Waals surface area contributed by atoms with Gasteiger partial charge in [0.2, 0.25) is 5.69 Å². The maximum Gasteiger partial charge on any atom is 0.272 e. The molecule has 156 valence electrons. The monoisotopic (exact) mass is 434 g/mol. The van der Waals surface area contributed by atoms with Crippen molar-refractivity contribution in [3.05, 3.63) is 76.0 Å². The summed E-state index contributed by atoms with van der Waals surface area (Å²) in [6.07, 6.45) is 2.24. The van der Waals surface area contributed by atoms with Crippen LogP contribution >= 0.6 is 11.6 Å². The molecule has 2 aliphatic heterocycles. The fraction of sp³-hybridized carbons (Fsp3) is 0.273. The molecule has 0 bridgehead atoms. The number of benzene rings is 1. The van der Waals surface area contributed by atoms with E-state index >= 15 is 0 Å². The topological polar surface area (TPSA) is 76.6 Å². The van der Waals surface area contributed by atoms with Crippen LogP contribution in [0.25, 0.3) is 4.85 Å². The Hall–Kier alpha value is -3.57. The van der Waals surface area contributed by atoms with Crippen LogP contribution < -0.4 is 15.0 Å². The van der Waals surface area contributed by atoms with Crippen LogP contribution in [0.15, 0.2) is 42.6 Å². The summed E-state index contributed by atoms with van der Waals surface area (Å²) in [7, 11) is 0. The van der Waals surface area contributed by atoms with Crippen LogP contribution in [0.2, 0.25) is 5.02 Å². The summed E-state index contributed by atoms with van der Waals surface area (Å²) in [6.45, 7) is 9.45. The number of halogens is 1. The highest BCUT2D eigenvalue weighted by Crippen LogP contribution is 2.28. The zero-order valence-electron chi connectivity index (χ0n) is 16.6. The van der Waals surface area contributed by atoms with E-state index in [1.165, 1.54) is 0 Å². The standard InChI is InChI=1S/C22H19ClN6O2/c1-24-16-3-5-21(25-11-16)28-6-7-29-18(12-28)10-19(27-29)22(30)26-17-9-14-8-15(23)2-4-20(14)31-13-17/h2-5,8,10-11,17H,6-7,9,12-13H2,(H,26,30). The first-order valence-corrected chi connectivity index (χ1v) is 10.3. The third-order valence-corrected chi connectivity index (χ3v) is 5.72. The third kappa shape index (κ3) is 3.92. The minimum absolute atomic E-state index is 0.140. The van der Waals surface area contributed by atoms with E-state index < -0.39 is 0 Å². The Morgan fingerprint density at radius 3 is 2.97 bits per heavy atom. The molecule has 9 heteroatoms. The van der Waals surface area contributed by atoms with Crippen molar-refractivity contribution in [3.63, 3.8) is 0 Å². The molecular weight excluding hydrogens is 416 g/mol. The molecule has 1 atom stereocenters. The maximum absolute atomic E-state index is 12.8. The molecule has 8 nitrogen and oxygen atoms in total. The van der Waals surface area contributed by atoms with Crippen molar-refractivity contribution in [1.82, 2.24) is 20.1 Å². The summed E-state index contributed by atoms with van der Waals surface area (Å²) in [5, 5.41) is 8.16. The molecule has 2 aromatic heterocycles. The summed E-state index contributed by atoms with van der Waals surface area (Å²) in [4.78, 5) is 22.7. The number of nitrogens with zero attached hydrogens (tertiary/aromatic N) is 5. The van der Waals surface area contributed by atoms with E-state index in [9.17, 15) is 4.79 Å². The zero-order chi connectivity index (χ0) is 21.4. The molecule has 5 rings (SSSR count). The van der Waals surface area contributed by atoms with Crippen molar-refractivity contribution < 1.29 is 9.53 Å². The lowest BCUT2D eigenvalue weighted by Gasteiger charge is -2.28. The number of rotatable bonds is 3. The van der Waals surface area contributed by atoms with Gasteiger partial charge in [-0.25, -0.2) is 4.85 Å². The summed E-state index contributed by atoms with van der Waals surface area (Å²) >= 11 is 6.08. The molecule has 2 aliphatic rings. The fourth-order valence-corrected chi connectivity index (χ4v) is 4.11. The lowest BCUT2D eigenvalue weighted by atomic mass is 10.0. The second kappa shape index (κ2) is 7.93. The normalized spacial score (nSPS) is 17.2. The highest BCUT2D eigenvalue weighted by atomic mass is 35.5. The largest absolute Gasteiger partial charge is 0.491 e. The number of fused-ring (bicyclic) bond motifs is 2. The Morgan fingerprint density at radius 1 is 1.26 bits per heavy atom. The van der Waals surface area contributed by atoms with Crippen LogP contribution in [0.1, 0.15) is 21.7 Å². The molecule has 0 radical (unpaired) electrons. The highest BCUT2D eigenvalue weighted by Gasteiger charge is 2.25. The van der Waals surface area contributed by atoms with Gasteiger partial charge >= 0.3 is 0 Å². The molecule has 1 amide bonds. The zero-order valence-corrected chi connectivity index (χ0v) is 17.3. The number of carbonyl (C=O) groups is 1. The Balaban J connectivity index is 1.26. The average Bonchev–Trinajstić information content (AvgIpc) is 3.22. The van der Waals surface area contributed by atoms with Crippen molar-refractivity contribution in [2.45, 2.75) is 25.6 Å². The van der Waals surface area contributed by atoms with Crippen LogP contribution in [-0.4, -0.2) is 39.9 Å². The Bertz CT molecular complexity index is 1180. The highest BCUT2D eigenvalue weighted by molar-refractivity contribution is 6.30. The molecule has 0 saturated heterocycles. The van der Waals surface area contributed by atoms with E-state index in [-0.39, 0.29) is 11.9 Å². The minimum atomic E-state index is -0.216. The molecule has 0 fully saturated rings. The number of ether oxygens (including phenoxy) is 1. The molecule has 3 aromatic rings. The number of carbonyl (C=O) groups excluding carboxylic acids is 1. The van der Waals surface area contributed by atoms with Crippen LogP contribution in [0.3, 0.4) is 0 Å². The number of hydrogen-bond donors (Lipinski definition) is 1. The van der Waals surface area contributed by atoms with E-state index in [1.54, 1.807) is 18.3 Å². The molecular formula is C22H19ClN6O2. The summed E-state index contributed by atoms with van der Waals surface area (Å²) in [6, 6.07) is 10.8. The van der Waals surface area contributed by atoms with Crippen molar-refractivity contribution in [1.29, 1.82) is 0 Å². The van der Waals surface area contributed by atoms with E-state index in [0.29, 0.717) is 42.5 Å². The molecule has 31 heavy (non-hydrogen) atoms. The molecule has 0 aliphatic carbocycles. The van der Waals surface area contributed by atoms with Gasteiger partial charge in [0.05, 0.1) is 31.4 Å². The van der Waals surface area contributed by atoms with Gasteiger partial charge in [0.25, 0.3) is 5.91 Å². The number of pyridine rings is 1. The quantitative estimate of drug-likeness (QED) is 0.640. The number of nitrogens with one attached hydrogen (secondary N) is 1. The number of hydrogen-bond acceptors (Lipinski definition) is 5. The van der Waals surface area contributed by atoms with E-state index in [2.05, 4.69) is 25.1 Å².